The summed E-state index contributed by atoms with van der Waals surface area (Å²) in [5, 5.41) is 0.690. The van der Waals surface area contributed by atoms with Gasteiger partial charge in [0.25, 0.3) is 0 Å². The van der Waals surface area contributed by atoms with E-state index >= 15 is 0 Å². The second-order valence-electron chi connectivity index (χ2n) is 3.59. The number of hydrogen-bond acceptors (Lipinski definition) is 2. The van der Waals surface area contributed by atoms with E-state index in [1.807, 2.05) is 30.3 Å². The van der Waals surface area contributed by atoms with Gasteiger partial charge in [0.2, 0.25) is 0 Å². The molecule has 0 aliphatic rings. The largest absolute Gasteiger partial charge is 0.489 e. The molecule has 0 radical (unpaired) electrons. The van der Waals surface area contributed by atoms with E-state index in [0.717, 1.165) is 21.5 Å². The second-order valence-corrected chi connectivity index (χ2v) is 4.92. The van der Waals surface area contributed by atoms with Crippen molar-refractivity contribution < 1.29 is 4.74 Å². The summed E-state index contributed by atoms with van der Waals surface area (Å²) in [6, 6.07) is 13.0. The van der Waals surface area contributed by atoms with Gasteiger partial charge in [-0.25, -0.2) is 0 Å². The Labute approximate surface area is 113 Å². The third kappa shape index (κ3) is 3.38. The lowest BCUT2D eigenvalue weighted by molar-refractivity contribution is 0.306. The molecule has 0 saturated carbocycles. The molecule has 0 amide bonds. The molecule has 0 spiro atoms. The van der Waals surface area contributed by atoms with Gasteiger partial charge in [-0.15, -0.1) is 0 Å². The standard InChI is InChI=1S/C13H11BrClNO/c14-10-2-1-9(13(15)7-10)8-17-12-5-3-11(16)4-6-12/h1-7H,8,16H2. The van der Waals surface area contributed by atoms with Crippen LogP contribution in [0.15, 0.2) is 46.9 Å². The fourth-order valence-corrected chi connectivity index (χ4v) is 2.09. The summed E-state index contributed by atoms with van der Waals surface area (Å²) in [5.74, 6) is 0.776. The van der Waals surface area contributed by atoms with Crippen LogP contribution in [0.5, 0.6) is 5.75 Å². The number of ether oxygens (including phenoxy) is 1. The molecule has 2 rings (SSSR count). The molecule has 2 N–H and O–H groups in total. The molecule has 0 fully saturated rings. The zero-order valence-corrected chi connectivity index (χ0v) is 11.3. The molecular formula is C13H11BrClNO. The number of hydrogen-bond donors (Lipinski definition) is 1. The Kier molecular flexibility index (Phi) is 3.92. The topological polar surface area (TPSA) is 35.2 Å². The molecule has 0 aliphatic carbocycles. The van der Waals surface area contributed by atoms with E-state index in [2.05, 4.69) is 15.9 Å². The Bertz CT molecular complexity index is 513. The number of anilines is 1. The lowest BCUT2D eigenvalue weighted by Gasteiger charge is -2.08. The molecule has 0 unspecified atom stereocenters. The summed E-state index contributed by atoms with van der Waals surface area (Å²) < 4.78 is 6.57. The molecule has 4 heteroatoms. The van der Waals surface area contributed by atoms with Crippen LogP contribution in [0.25, 0.3) is 0 Å². The SMILES string of the molecule is Nc1ccc(OCc2ccc(Br)cc2Cl)cc1. The highest BCUT2D eigenvalue weighted by Crippen LogP contribution is 2.23. The molecule has 0 aromatic heterocycles. The van der Waals surface area contributed by atoms with E-state index in [-0.39, 0.29) is 0 Å². The minimum Gasteiger partial charge on any atom is -0.489 e. The van der Waals surface area contributed by atoms with Gasteiger partial charge in [0.1, 0.15) is 12.4 Å². The Hall–Kier alpha value is -1.19. The van der Waals surface area contributed by atoms with Gasteiger partial charge in [0.05, 0.1) is 0 Å². The van der Waals surface area contributed by atoms with Crippen molar-refractivity contribution in [2.75, 3.05) is 5.73 Å². The average Bonchev–Trinajstić information content (AvgIpc) is 2.30. The molecule has 0 bridgehead atoms. The first kappa shape index (κ1) is 12.3. The van der Waals surface area contributed by atoms with Crippen LogP contribution in [0.4, 0.5) is 5.69 Å². The Morgan fingerprint density at radius 3 is 2.47 bits per heavy atom. The predicted octanol–water partition coefficient (Wildman–Crippen LogP) is 4.26. The number of rotatable bonds is 3. The van der Waals surface area contributed by atoms with E-state index in [1.165, 1.54) is 0 Å². The lowest BCUT2D eigenvalue weighted by atomic mass is 10.2. The summed E-state index contributed by atoms with van der Waals surface area (Å²) in [6.07, 6.45) is 0. The lowest BCUT2D eigenvalue weighted by Crippen LogP contribution is -1.96. The van der Waals surface area contributed by atoms with Crippen LogP contribution >= 0.6 is 27.5 Å². The minimum absolute atomic E-state index is 0.441. The molecule has 0 heterocycles. The summed E-state index contributed by atoms with van der Waals surface area (Å²) in [5.41, 5.74) is 7.26. The van der Waals surface area contributed by atoms with Crippen molar-refractivity contribution in [3.8, 4) is 5.75 Å². The molecule has 88 valence electrons. The molecule has 0 aliphatic heterocycles. The average molecular weight is 313 g/mol. The molecule has 2 aromatic rings. The van der Waals surface area contributed by atoms with Crippen LogP contribution in [-0.4, -0.2) is 0 Å². The Morgan fingerprint density at radius 2 is 1.82 bits per heavy atom. The van der Waals surface area contributed by atoms with Crippen LogP contribution in [-0.2, 0) is 6.61 Å². The van der Waals surface area contributed by atoms with Crippen LogP contribution in [0.1, 0.15) is 5.56 Å². The maximum absolute atomic E-state index is 6.09. The van der Waals surface area contributed by atoms with Gasteiger partial charge in [0, 0.05) is 20.7 Å². The first-order chi connectivity index (χ1) is 8.15. The van der Waals surface area contributed by atoms with E-state index in [0.29, 0.717) is 11.6 Å². The van der Waals surface area contributed by atoms with E-state index in [9.17, 15) is 0 Å². The number of benzene rings is 2. The van der Waals surface area contributed by atoms with Gasteiger partial charge < -0.3 is 10.5 Å². The Balaban J connectivity index is 2.04. The van der Waals surface area contributed by atoms with Crippen molar-refractivity contribution in [2.24, 2.45) is 0 Å². The van der Waals surface area contributed by atoms with Crippen LogP contribution in [0, 0.1) is 0 Å². The molecule has 0 saturated heterocycles. The highest BCUT2D eigenvalue weighted by molar-refractivity contribution is 9.10. The molecule has 2 nitrogen and oxygen atoms in total. The van der Waals surface area contributed by atoms with Crippen molar-refractivity contribution >= 4 is 33.2 Å². The molecule has 0 atom stereocenters. The van der Waals surface area contributed by atoms with E-state index in [1.54, 1.807) is 12.1 Å². The highest BCUT2D eigenvalue weighted by Gasteiger charge is 2.02. The zero-order valence-electron chi connectivity index (χ0n) is 8.99. The van der Waals surface area contributed by atoms with Crippen molar-refractivity contribution in [3.63, 3.8) is 0 Å². The molecule has 2 aromatic carbocycles. The molecule has 17 heavy (non-hydrogen) atoms. The van der Waals surface area contributed by atoms with Crippen molar-refractivity contribution in [1.82, 2.24) is 0 Å². The maximum atomic E-state index is 6.09. The number of halogens is 2. The van der Waals surface area contributed by atoms with Gasteiger partial charge in [0.15, 0.2) is 0 Å². The van der Waals surface area contributed by atoms with Gasteiger partial charge in [-0.2, -0.15) is 0 Å². The fraction of sp³-hybridized carbons (Fsp3) is 0.0769. The predicted molar refractivity (Wildman–Crippen MR) is 74.3 cm³/mol. The van der Waals surface area contributed by atoms with Gasteiger partial charge in [-0.3, -0.25) is 0 Å². The summed E-state index contributed by atoms with van der Waals surface area (Å²) in [6.45, 7) is 0.441. The van der Waals surface area contributed by atoms with Gasteiger partial charge >= 0.3 is 0 Å². The normalized spacial score (nSPS) is 10.2. The third-order valence-corrected chi connectivity index (χ3v) is 3.13. The van der Waals surface area contributed by atoms with Crippen molar-refractivity contribution in [3.05, 3.63) is 57.5 Å². The maximum Gasteiger partial charge on any atom is 0.119 e. The smallest absolute Gasteiger partial charge is 0.119 e. The summed E-state index contributed by atoms with van der Waals surface area (Å²) in [7, 11) is 0. The minimum atomic E-state index is 0.441. The quantitative estimate of drug-likeness (QED) is 0.859. The van der Waals surface area contributed by atoms with Gasteiger partial charge in [-0.05, 0) is 36.4 Å². The first-order valence-electron chi connectivity index (χ1n) is 5.07. The summed E-state index contributed by atoms with van der Waals surface area (Å²) >= 11 is 9.45. The van der Waals surface area contributed by atoms with Crippen molar-refractivity contribution in [1.29, 1.82) is 0 Å². The van der Waals surface area contributed by atoms with Crippen LogP contribution in [0.2, 0.25) is 5.02 Å². The molecular weight excluding hydrogens is 302 g/mol. The van der Waals surface area contributed by atoms with E-state index < -0.39 is 0 Å². The number of nitrogen functional groups attached to an aromatic ring is 1. The van der Waals surface area contributed by atoms with Crippen molar-refractivity contribution in [2.45, 2.75) is 6.61 Å². The Morgan fingerprint density at radius 1 is 1.12 bits per heavy atom. The monoisotopic (exact) mass is 311 g/mol. The van der Waals surface area contributed by atoms with E-state index in [4.69, 9.17) is 22.1 Å². The summed E-state index contributed by atoms with van der Waals surface area (Å²) in [4.78, 5) is 0. The highest BCUT2D eigenvalue weighted by atomic mass is 79.9. The first-order valence-corrected chi connectivity index (χ1v) is 6.24. The fourth-order valence-electron chi connectivity index (χ4n) is 1.36. The van der Waals surface area contributed by atoms with Crippen LogP contribution in [0.3, 0.4) is 0 Å². The second kappa shape index (κ2) is 5.43. The van der Waals surface area contributed by atoms with Gasteiger partial charge in [-0.1, -0.05) is 33.6 Å². The third-order valence-electron chi connectivity index (χ3n) is 2.29. The zero-order chi connectivity index (χ0) is 12.3. The number of nitrogens with two attached hydrogens (primary N) is 1. The van der Waals surface area contributed by atoms with Crippen LogP contribution < -0.4 is 10.5 Å².